The van der Waals surface area contributed by atoms with Crippen LogP contribution in [0.2, 0.25) is 0 Å². The molecule has 28 heavy (non-hydrogen) atoms. The summed E-state index contributed by atoms with van der Waals surface area (Å²) in [6, 6.07) is 8.36. The average molecular weight is 377 g/mol. The highest BCUT2D eigenvalue weighted by molar-refractivity contribution is 6.01. The second kappa shape index (κ2) is 5.29. The second-order valence-corrected chi connectivity index (χ2v) is 6.68. The van der Waals surface area contributed by atoms with E-state index in [0.29, 0.717) is 11.1 Å². The summed E-state index contributed by atoms with van der Waals surface area (Å²) in [6.07, 6.45) is 4.26. The van der Waals surface area contributed by atoms with Gasteiger partial charge in [-0.2, -0.15) is 0 Å². The number of hydrogen-bond donors (Lipinski definition) is 1. The van der Waals surface area contributed by atoms with Gasteiger partial charge in [0.05, 0.1) is 16.4 Å². The SMILES string of the molecule is O=C1C=CC2C(=C1)Oc1cc(O)ccc1C21OC(=O)c2cc([N+](=O)[O-])ccc21. The summed E-state index contributed by atoms with van der Waals surface area (Å²) in [5.74, 6) is -1.16. The Balaban J connectivity index is 1.83. The number of rotatable bonds is 1. The van der Waals surface area contributed by atoms with Crippen LogP contribution in [0.1, 0.15) is 21.5 Å². The summed E-state index contributed by atoms with van der Waals surface area (Å²) in [6.45, 7) is 0. The van der Waals surface area contributed by atoms with Crippen LogP contribution in [0.25, 0.3) is 0 Å². The van der Waals surface area contributed by atoms with Crippen molar-refractivity contribution in [2.24, 2.45) is 5.92 Å². The molecule has 2 aliphatic heterocycles. The summed E-state index contributed by atoms with van der Waals surface area (Å²) >= 11 is 0. The number of aromatic hydroxyl groups is 1. The van der Waals surface area contributed by atoms with Crippen molar-refractivity contribution in [2.75, 3.05) is 0 Å². The van der Waals surface area contributed by atoms with Gasteiger partial charge in [-0.15, -0.1) is 0 Å². The zero-order valence-electron chi connectivity index (χ0n) is 14.1. The van der Waals surface area contributed by atoms with E-state index in [1.165, 1.54) is 42.5 Å². The zero-order valence-corrected chi connectivity index (χ0v) is 14.1. The largest absolute Gasteiger partial charge is 0.508 e. The Labute approximate surface area is 157 Å². The minimum atomic E-state index is -1.36. The fourth-order valence-corrected chi connectivity index (χ4v) is 4.02. The molecule has 2 aromatic rings. The van der Waals surface area contributed by atoms with Gasteiger partial charge in [-0.1, -0.05) is 6.08 Å². The van der Waals surface area contributed by atoms with E-state index >= 15 is 0 Å². The number of phenolic OH excluding ortho intramolecular Hbond substituents is 1. The van der Waals surface area contributed by atoms with E-state index in [1.807, 2.05) is 0 Å². The smallest absolute Gasteiger partial charge is 0.340 e. The molecule has 2 unspecified atom stereocenters. The minimum absolute atomic E-state index is 0.0566. The molecule has 0 amide bonds. The van der Waals surface area contributed by atoms with Crippen molar-refractivity contribution in [1.82, 2.24) is 0 Å². The fraction of sp³-hybridized carbons (Fsp3) is 0.100. The van der Waals surface area contributed by atoms with E-state index in [4.69, 9.17) is 9.47 Å². The number of nitro groups is 1. The monoisotopic (exact) mass is 377 g/mol. The van der Waals surface area contributed by atoms with Crippen LogP contribution in [-0.4, -0.2) is 21.8 Å². The molecule has 2 aromatic carbocycles. The van der Waals surface area contributed by atoms with Crippen LogP contribution in [0.3, 0.4) is 0 Å². The van der Waals surface area contributed by atoms with E-state index in [9.17, 15) is 24.8 Å². The van der Waals surface area contributed by atoms with Gasteiger partial charge in [-0.25, -0.2) is 4.79 Å². The Morgan fingerprint density at radius 1 is 1.11 bits per heavy atom. The molecule has 0 aromatic heterocycles. The molecule has 0 saturated carbocycles. The molecule has 138 valence electrons. The minimum Gasteiger partial charge on any atom is -0.508 e. The predicted octanol–water partition coefficient (Wildman–Crippen LogP) is 2.75. The van der Waals surface area contributed by atoms with Crippen molar-refractivity contribution in [3.63, 3.8) is 0 Å². The molecular weight excluding hydrogens is 366 g/mol. The number of carbonyl (C=O) groups excluding carboxylic acids is 2. The first-order valence-corrected chi connectivity index (χ1v) is 8.37. The molecule has 0 bridgehead atoms. The van der Waals surface area contributed by atoms with Gasteiger partial charge in [0, 0.05) is 35.4 Å². The molecule has 0 saturated heterocycles. The van der Waals surface area contributed by atoms with Crippen molar-refractivity contribution in [3.05, 3.63) is 87.2 Å². The Hall–Kier alpha value is -3.94. The summed E-state index contributed by atoms with van der Waals surface area (Å²) in [5.41, 5.74) is -0.581. The molecule has 2 heterocycles. The van der Waals surface area contributed by atoms with Gasteiger partial charge >= 0.3 is 5.97 Å². The Morgan fingerprint density at radius 2 is 1.89 bits per heavy atom. The summed E-state index contributed by atoms with van der Waals surface area (Å²) in [4.78, 5) is 35.1. The quantitative estimate of drug-likeness (QED) is 0.461. The van der Waals surface area contributed by atoms with Crippen LogP contribution >= 0.6 is 0 Å². The third kappa shape index (κ3) is 1.99. The molecule has 1 N–H and O–H groups in total. The number of ketones is 1. The zero-order chi connectivity index (χ0) is 19.6. The van der Waals surface area contributed by atoms with Crippen LogP contribution in [0.5, 0.6) is 11.5 Å². The van der Waals surface area contributed by atoms with Gasteiger partial charge in [0.15, 0.2) is 11.4 Å². The lowest BCUT2D eigenvalue weighted by atomic mass is 9.71. The summed E-state index contributed by atoms with van der Waals surface area (Å²) in [7, 11) is 0. The number of fused-ring (bicyclic) bond motifs is 6. The van der Waals surface area contributed by atoms with Crippen LogP contribution in [0.15, 0.2) is 60.4 Å². The standard InChI is InChI=1S/C20H11NO7/c22-11-2-5-15-17(8-11)27-18-9-12(23)3-6-16(18)20(15)14-4-1-10(21(25)26)7-13(14)19(24)28-20/h1-9,15,23H. The third-order valence-electron chi connectivity index (χ3n) is 5.16. The Bertz CT molecular complexity index is 1160. The third-order valence-corrected chi connectivity index (χ3v) is 5.16. The number of phenols is 1. The van der Waals surface area contributed by atoms with Gasteiger partial charge in [0.1, 0.15) is 17.3 Å². The van der Waals surface area contributed by atoms with E-state index < -0.39 is 22.4 Å². The fourth-order valence-electron chi connectivity index (χ4n) is 4.02. The topological polar surface area (TPSA) is 116 Å². The molecule has 5 rings (SSSR count). The van der Waals surface area contributed by atoms with Crippen molar-refractivity contribution in [3.8, 4) is 11.5 Å². The van der Waals surface area contributed by atoms with Crippen molar-refractivity contribution in [2.45, 2.75) is 5.60 Å². The van der Waals surface area contributed by atoms with E-state index in [-0.39, 0.29) is 34.3 Å². The molecule has 1 aliphatic carbocycles. The van der Waals surface area contributed by atoms with Crippen LogP contribution in [-0.2, 0) is 15.1 Å². The van der Waals surface area contributed by atoms with Crippen molar-refractivity contribution < 1.29 is 29.1 Å². The Kier molecular flexibility index (Phi) is 3.07. The highest BCUT2D eigenvalue weighted by atomic mass is 16.6. The first kappa shape index (κ1) is 16.2. The van der Waals surface area contributed by atoms with Gasteiger partial charge in [0.2, 0.25) is 0 Å². The number of non-ortho nitro benzene ring substituents is 1. The normalized spacial score (nSPS) is 24.0. The number of allylic oxidation sites excluding steroid dienone is 2. The van der Waals surface area contributed by atoms with Crippen LogP contribution < -0.4 is 4.74 Å². The van der Waals surface area contributed by atoms with E-state index in [2.05, 4.69) is 0 Å². The second-order valence-electron chi connectivity index (χ2n) is 6.68. The predicted molar refractivity (Wildman–Crippen MR) is 93.7 cm³/mol. The van der Waals surface area contributed by atoms with Crippen molar-refractivity contribution >= 4 is 17.4 Å². The molecule has 8 nitrogen and oxygen atoms in total. The Morgan fingerprint density at radius 3 is 2.68 bits per heavy atom. The van der Waals surface area contributed by atoms with Gasteiger partial charge < -0.3 is 14.6 Å². The number of benzene rings is 2. The van der Waals surface area contributed by atoms with Gasteiger partial charge in [-0.05, 0) is 24.3 Å². The maximum absolute atomic E-state index is 12.7. The van der Waals surface area contributed by atoms with Crippen LogP contribution in [0, 0.1) is 16.0 Å². The first-order valence-electron chi connectivity index (χ1n) is 8.37. The molecule has 3 aliphatic rings. The molecule has 2 atom stereocenters. The maximum atomic E-state index is 12.7. The molecule has 0 fully saturated rings. The summed E-state index contributed by atoms with van der Waals surface area (Å²) < 4.78 is 11.7. The average Bonchev–Trinajstić information content (AvgIpc) is 2.94. The van der Waals surface area contributed by atoms with Crippen LogP contribution in [0.4, 0.5) is 5.69 Å². The molecule has 0 radical (unpaired) electrons. The van der Waals surface area contributed by atoms with Crippen molar-refractivity contribution in [1.29, 1.82) is 0 Å². The lowest BCUT2D eigenvalue weighted by Crippen LogP contribution is -2.42. The highest BCUT2D eigenvalue weighted by Gasteiger charge is 2.58. The lowest BCUT2D eigenvalue weighted by Gasteiger charge is -2.42. The highest BCUT2D eigenvalue weighted by Crippen LogP contribution is 2.57. The first-order chi connectivity index (χ1) is 13.4. The number of esters is 1. The lowest BCUT2D eigenvalue weighted by molar-refractivity contribution is -0.384. The number of ether oxygens (including phenoxy) is 2. The number of nitro benzene ring substituents is 1. The molecule has 8 heteroatoms. The van der Waals surface area contributed by atoms with Gasteiger partial charge in [0.25, 0.3) is 5.69 Å². The molecule has 1 spiro atoms. The van der Waals surface area contributed by atoms with E-state index in [1.54, 1.807) is 12.1 Å². The number of nitrogens with zero attached hydrogens (tertiary/aromatic N) is 1. The summed E-state index contributed by atoms with van der Waals surface area (Å²) in [5, 5.41) is 21.0. The number of hydrogen-bond acceptors (Lipinski definition) is 7. The maximum Gasteiger partial charge on any atom is 0.340 e. The van der Waals surface area contributed by atoms with E-state index in [0.717, 1.165) is 0 Å². The number of carbonyl (C=O) groups is 2. The van der Waals surface area contributed by atoms with Gasteiger partial charge in [-0.3, -0.25) is 14.9 Å². The molecular formula is C20H11NO7.